The molecule has 0 fully saturated rings. The summed E-state index contributed by atoms with van der Waals surface area (Å²) in [5.41, 5.74) is 0.705. The smallest absolute Gasteiger partial charge is 0.251 e. The monoisotopic (exact) mass is 239 g/mol. The van der Waals surface area contributed by atoms with E-state index in [4.69, 9.17) is 5.11 Å². The Hall–Kier alpha value is -1.20. The Morgan fingerprint density at radius 3 is 2.76 bits per heavy atom. The molecule has 1 rings (SSSR count). The van der Waals surface area contributed by atoms with E-state index in [1.165, 1.54) is 6.07 Å². The van der Waals surface area contributed by atoms with Crippen LogP contribution in [0.5, 0.6) is 0 Å². The Morgan fingerprint density at radius 1 is 1.41 bits per heavy atom. The molecule has 1 aromatic rings. The third-order valence-corrected chi connectivity index (χ3v) is 2.54. The van der Waals surface area contributed by atoms with Gasteiger partial charge < -0.3 is 10.1 Å². The number of hydrogen-bond donors (Lipinski definition) is 2. The van der Waals surface area contributed by atoms with Crippen LogP contribution in [0.4, 0.5) is 0 Å². The largest absolute Gasteiger partial charge is 0.395 e. The molecule has 0 spiro atoms. The molecule has 5 nitrogen and oxygen atoms in total. The molecule has 1 aromatic heterocycles. The standard InChI is InChI=1S/C12H21N3O2/c1-3-5-15(6-7-16)9-11-13-10(4-2)8-12(17)14-11/h8,16H,3-7,9H2,1-2H3,(H,13,14,17). The van der Waals surface area contributed by atoms with Gasteiger partial charge in [0.05, 0.1) is 13.2 Å². The summed E-state index contributed by atoms with van der Waals surface area (Å²) < 4.78 is 0. The molecule has 0 unspecified atom stereocenters. The van der Waals surface area contributed by atoms with Crippen LogP contribution >= 0.6 is 0 Å². The van der Waals surface area contributed by atoms with Crippen molar-refractivity contribution in [1.29, 1.82) is 0 Å². The van der Waals surface area contributed by atoms with Crippen LogP contribution in [-0.2, 0) is 13.0 Å². The second-order valence-electron chi connectivity index (χ2n) is 4.04. The highest BCUT2D eigenvalue weighted by molar-refractivity contribution is 5.02. The molecular formula is C12H21N3O2. The maximum absolute atomic E-state index is 11.4. The van der Waals surface area contributed by atoms with Crippen molar-refractivity contribution in [3.8, 4) is 0 Å². The Balaban J connectivity index is 2.77. The topological polar surface area (TPSA) is 69.2 Å². The minimum atomic E-state index is -0.104. The van der Waals surface area contributed by atoms with E-state index in [1.54, 1.807) is 0 Å². The summed E-state index contributed by atoms with van der Waals surface area (Å²) in [6.45, 7) is 6.26. The van der Waals surface area contributed by atoms with E-state index in [2.05, 4.69) is 21.8 Å². The summed E-state index contributed by atoms with van der Waals surface area (Å²) in [6, 6.07) is 1.53. The minimum absolute atomic E-state index is 0.104. The molecular weight excluding hydrogens is 218 g/mol. The molecule has 0 aliphatic carbocycles. The van der Waals surface area contributed by atoms with E-state index in [0.717, 1.165) is 25.1 Å². The first-order valence-corrected chi connectivity index (χ1v) is 6.11. The van der Waals surface area contributed by atoms with E-state index in [0.29, 0.717) is 18.9 Å². The van der Waals surface area contributed by atoms with Gasteiger partial charge in [-0.2, -0.15) is 0 Å². The van der Waals surface area contributed by atoms with Crippen LogP contribution in [-0.4, -0.2) is 39.7 Å². The van der Waals surface area contributed by atoms with Gasteiger partial charge in [0.2, 0.25) is 0 Å². The fraction of sp³-hybridized carbons (Fsp3) is 0.667. The number of aryl methyl sites for hydroxylation is 1. The Morgan fingerprint density at radius 2 is 2.18 bits per heavy atom. The zero-order chi connectivity index (χ0) is 12.7. The zero-order valence-electron chi connectivity index (χ0n) is 10.6. The van der Waals surface area contributed by atoms with Crippen molar-refractivity contribution in [2.24, 2.45) is 0 Å². The highest BCUT2D eigenvalue weighted by atomic mass is 16.3. The third-order valence-electron chi connectivity index (χ3n) is 2.54. The molecule has 0 aliphatic rings. The van der Waals surface area contributed by atoms with Gasteiger partial charge >= 0.3 is 0 Å². The molecule has 0 amide bonds. The number of aromatic amines is 1. The Kier molecular flexibility index (Phi) is 5.86. The zero-order valence-corrected chi connectivity index (χ0v) is 10.6. The van der Waals surface area contributed by atoms with Crippen molar-refractivity contribution in [2.45, 2.75) is 33.2 Å². The van der Waals surface area contributed by atoms with E-state index < -0.39 is 0 Å². The van der Waals surface area contributed by atoms with Crippen molar-refractivity contribution in [1.82, 2.24) is 14.9 Å². The van der Waals surface area contributed by atoms with Gasteiger partial charge in [0, 0.05) is 18.3 Å². The summed E-state index contributed by atoms with van der Waals surface area (Å²) in [6.07, 6.45) is 1.77. The second-order valence-corrected chi connectivity index (χ2v) is 4.04. The number of hydrogen-bond acceptors (Lipinski definition) is 4. The molecule has 96 valence electrons. The minimum Gasteiger partial charge on any atom is -0.395 e. The lowest BCUT2D eigenvalue weighted by molar-refractivity contribution is 0.187. The van der Waals surface area contributed by atoms with Crippen LogP contribution in [0.3, 0.4) is 0 Å². The van der Waals surface area contributed by atoms with Crippen LogP contribution in [0.1, 0.15) is 31.8 Å². The molecule has 0 aliphatic heterocycles. The van der Waals surface area contributed by atoms with Crippen molar-refractivity contribution in [2.75, 3.05) is 19.7 Å². The van der Waals surface area contributed by atoms with E-state index in [-0.39, 0.29) is 12.2 Å². The molecule has 1 heterocycles. The number of H-pyrrole nitrogens is 1. The Labute approximate surface area is 102 Å². The molecule has 17 heavy (non-hydrogen) atoms. The van der Waals surface area contributed by atoms with Gasteiger partial charge in [0.25, 0.3) is 5.56 Å². The second kappa shape index (κ2) is 7.19. The lowest BCUT2D eigenvalue weighted by Crippen LogP contribution is -2.29. The predicted molar refractivity (Wildman–Crippen MR) is 66.9 cm³/mol. The number of aliphatic hydroxyl groups is 1. The molecule has 0 radical (unpaired) electrons. The van der Waals surface area contributed by atoms with Crippen LogP contribution in [0.2, 0.25) is 0 Å². The summed E-state index contributed by atoms with van der Waals surface area (Å²) >= 11 is 0. The fourth-order valence-corrected chi connectivity index (χ4v) is 1.76. The van der Waals surface area contributed by atoms with Gasteiger partial charge in [-0.05, 0) is 19.4 Å². The number of aromatic nitrogens is 2. The SMILES string of the molecule is CCCN(CCO)Cc1nc(CC)cc(=O)[nH]1. The molecule has 0 saturated carbocycles. The van der Waals surface area contributed by atoms with Crippen LogP contribution < -0.4 is 5.56 Å². The van der Waals surface area contributed by atoms with Crippen LogP contribution in [0.15, 0.2) is 10.9 Å². The summed E-state index contributed by atoms with van der Waals surface area (Å²) in [4.78, 5) is 20.6. The van der Waals surface area contributed by atoms with Gasteiger partial charge in [-0.3, -0.25) is 9.69 Å². The first kappa shape index (κ1) is 13.9. The molecule has 0 atom stereocenters. The highest BCUT2D eigenvalue weighted by Gasteiger charge is 2.07. The average Bonchev–Trinajstić information content (AvgIpc) is 2.29. The van der Waals surface area contributed by atoms with Gasteiger partial charge in [0.1, 0.15) is 5.82 Å². The lowest BCUT2D eigenvalue weighted by atomic mass is 10.3. The first-order chi connectivity index (χ1) is 8.19. The number of rotatable bonds is 7. The van der Waals surface area contributed by atoms with Crippen LogP contribution in [0, 0.1) is 0 Å². The Bertz CT molecular complexity index is 384. The quantitative estimate of drug-likeness (QED) is 0.728. The average molecular weight is 239 g/mol. The maximum Gasteiger partial charge on any atom is 0.251 e. The number of nitrogens with one attached hydrogen (secondary N) is 1. The van der Waals surface area contributed by atoms with E-state index >= 15 is 0 Å². The van der Waals surface area contributed by atoms with Gasteiger partial charge in [-0.15, -0.1) is 0 Å². The fourth-order valence-electron chi connectivity index (χ4n) is 1.76. The van der Waals surface area contributed by atoms with Crippen molar-refractivity contribution in [3.05, 3.63) is 27.9 Å². The lowest BCUT2D eigenvalue weighted by Gasteiger charge is -2.19. The molecule has 2 N–H and O–H groups in total. The van der Waals surface area contributed by atoms with Gasteiger partial charge in [-0.1, -0.05) is 13.8 Å². The van der Waals surface area contributed by atoms with Crippen molar-refractivity contribution < 1.29 is 5.11 Å². The third kappa shape index (κ3) is 4.66. The van der Waals surface area contributed by atoms with E-state index in [9.17, 15) is 4.79 Å². The first-order valence-electron chi connectivity index (χ1n) is 6.11. The number of aliphatic hydroxyl groups excluding tert-OH is 1. The predicted octanol–water partition coefficient (Wildman–Crippen LogP) is 0.537. The van der Waals surface area contributed by atoms with Gasteiger partial charge in [-0.25, -0.2) is 4.98 Å². The molecule has 5 heteroatoms. The highest BCUT2D eigenvalue weighted by Crippen LogP contribution is 2.00. The van der Waals surface area contributed by atoms with E-state index in [1.807, 2.05) is 6.92 Å². The maximum atomic E-state index is 11.4. The van der Waals surface area contributed by atoms with Crippen molar-refractivity contribution in [3.63, 3.8) is 0 Å². The summed E-state index contributed by atoms with van der Waals surface area (Å²) in [5, 5.41) is 8.96. The summed E-state index contributed by atoms with van der Waals surface area (Å²) in [5.74, 6) is 0.677. The normalized spacial score (nSPS) is 11.1. The molecule has 0 aromatic carbocycles. The molecule has 0 bridgehead atoms. The van der Waals surface area contributed by atoms with Gasteiger partial charge in [0.15, 0.2) is 0 Å². The number of nitrogens with zero attached hydrogens (tertiary/aromatic N) is 2. The van der Waals surface area contributed by atoms with Crippen LogP contribution in [0.25, 0.3) is 0 Å². The summed E-state index contributed by atoms with van der Waals surface area (Å²) in [7, 11) is 0. The van der Waals surface area contributed by atoms with Crippen molar-refractivity contribution >= 4 is 0 Å². The molecule has 0 saturated heterocycles.